The summed E-state index contributed by atoms with van der Waals surface area (Å²) in [5.74, 6) is 0.231. The minimum absolute atomic E-state index is 0.0858. The summed E-state index contributed by atoms with van der Waals surface area (Å²) in [6, 6.07) is 11.7. The van der Waals surface area contributed by atoms with Gasteiger partial charge in [-0.3, -0.25) is 4.79 Å². The summed E-state index contributed by atoms with van der Waals surface area (Å²) in [5.41, 5.74) is 0.308. The highest BCUT2D eigenvalue weighted by molar-refractivity contribution is 7.92. The molecule has 0 spiro atoms. The third-order valence-electron chi connectivity index (χ3n) is 4.84. The molecule has 2 aromatic rings. The smallest absolute Gasteiger partial charge is 0.253 e. The molecule has 3 rings (SSSR count). The first-order chi connectivity index (χ1) is 13.6. The van der Waals surface area contributed by atoms with Crippen molar-refractivity contribution in [2.24, 2.45) is 0 Å². The van der Waals surface area contributed by atoms with Gasteiger partial charge in [-0.05, 0) is 48.5 Å². The lowest BCUT2D eigenvalue weighted by atomic mass is 10.1. The summed E-state index contributed by atoms with van der Waals surface area (Å²) in [4.78, 5) is 14.3. The van der Waals surface area contributed by atoms with Gasteiger partial charge in [0, 0.05) is 32.7 Å². The first-order valence-corrected chi connectivity index (χ1v) is 11.8. The molecule has 0 aromatic heterocycles. The molecule has 1 amide bonds. The van der Waals surface area contributed by atoms with Gasteiger partial charge >= 0.3 is 0 Å². The van der Waals surface area contributed by atoms with E-state index in [-0.39, 0.29) is 28.8 Å². The normalized spacial score (nSPS) is 15.2. The fourth-order valence-corrected chi connectivity index (χ4v) is 5.48. The number of carbonyl (C=O) groups is 1. The zero-order valence-corrected chi connectivity index (χ0v) is 17.9. The molecule has 156 valence electrons. The minimum Gasteiger partial charge on any atom is -0.497 e. The predicted octanol–water partition coefficient (Wildman–Crippen LogP) is 1.24. The largest absolute Gasteiger partial charge is 0.497 e. The standard InChI is InChI=1S/C19H22N2O6S2/c1-20(2)29(25,26)17-8-4-14(5-9-17)19(22)21-12-18(13-21)28(23,24)16-10-6-15(27-3)7-11-16/h4-11,18H,12-13H2,1-3H3. The Kier molecular flexibility index (Phi) is 5.70. The second-order valence-corrected chi connectivity index (χ2v) is 11.2. The Balaban J connectivity index is 1.68. The number of amides is 1. The number of benzene rings is 2. The molecule has 0 atom stereocenters. The van der Waals surface area contributed by atoms with Crippen molar-refractivity contribution < 1.29 is 26.4 Å². The van der Waals surface area contributed by atoms with E-state index in [9.17, 15) is 21.6 Å². The van der Waals surface area contributed by atoms with Gasteiger partial charge in [0.2, 0.25) is 10.0 Å². The molecule has 1 aliphatic heterocycles. The van der Waals surface area contributed by atoms with Crippen LogP contribution in [-0.4, -0.2) is 71.5 Å². The van der Waals surface area contributed by atoms with Gasteiger partial charge in [-0.1, -0.05) is 0 Å². The van der Waals surface area contributed by atoms with E-state index in [1.165, 1.54) is 62.5 Å². The zero-order valence-electron chi connectivity index (χ0n) is 16.3. The molecule has 2 aromatic carbocycles. The number of carbonyl (C=O) groups excluding carboxylic acids is 1. The van der Waals surface area contributed by atoms with E-state index < -0.39 is 25.1 Å². The average molecular weight is 439 g/mol. The van der Waals surface area contributed by atoms with Crippen molar-refractivity contribution in [3.8, 4) is 5.75 Å². The number of hydrogen-bond donors (Lipinski definition) is 0. The van der Waals surface area contributed by atoms with Crippen molar-refractivity contribution in [1.82, 2.24) is 9.21 Å². The number of sulfone groups is 1. The van der Waals surface area contributed by atoms with Crippen molar-refractivity contribution in [3.05, 3.63) is 54.1 Å². The van der Waals surface area contributed by atoms with Gasteiger partial charge in [-0.2, -0.15) is 0 Å². The maximum Gasteiger partial charge on any atom is 0.253 e. The van der Waals surface area contributed by atoms with Gasteiger partial charge in [0.05, 0.1) is 16.9 Å². The van der Waals surface area contributed by atoms with Gasteiger partial charge in [-0.25, -0.2) is 21.1 Å². The van der Waals surface area contributed by atoms with Crippen molar-refractivity contribution in [1.29, 1.82) is 0 Å². The van der Waals surface area contributed by atoms with Gasteiger partial charge in [0.15, 0.2) is 9.84 Å². The van der Waals surface area contributed by atoms with Crippen molar-refractivity contribution in [2.45, 2.75) is 15.0 Å². The van der Waals surface area contributed by atoms with Gasteiger partial charge < -0.3 is 9.64 Å². The van der Waals surface area contributed by atoms with Crippen LogP contribution in [0.5, 0.6) is 5.75 Å². The van der Waals surface area contributed by atoms with Crippen molar-refractivity contribution in [2.75, 3.05) is 34.3 Å². The summed E-state index contributed by atoms with van der Waals surface area (Å²) < 4.78 is 55.7. The van der Waals surface area contributed by atoms with E-state index in [1.807, 2.05) is 0 Å². The molecule has 1 fully saturated rings. The van der Waals surface area contributed by atoms with Crippen LogP contribution in [0.25, 0.3) is 0 Å². The molecule has 1 aliphatic rings. The first-order valence-electron chi connectivity index (χ1n) is 8.77. The number of rotatable bonds is 6. The molecule has 0 radical (unpaired) electrons. The van der Waals surface area contributed by atoms with Crippen LogP contribution in [-0.2, 0) is 19.9 Å². The number of likely N-dealkylation sites (tertiary alicyclic amines) is 1. The number of hydrogen-bond acceptors (Lipinski definition) is 6. The summed E-state index contributed by atoms with van der Waals surface area (Å²) in [6.45, 7) is 0.176. The third kappa shape index (κ3) is 4.00. The Labute approximate surface area is 170 Å². The number of ether oxygens (including phenoxy) is 1. The number of nitrogens with zero attached hydrogens (tertiary/aromatic N) is 2. The highest BCUT2D eigenvalue weighted by Gasteiger charge is 2.40. The van der Waals surface area contributed by atoms with Crippen molar-refractivity contribution >= 4 is 25.8 Å². The summed E-state index contributed by atoms with van der Waals surface area (Å²) in [7, 11) is -2.76. The lowest BCUT2D eigenvalue weighted by molar-refractivity contribution is 0.0658. The molecule has 0 bridgehead atoms. The molecule has 8 nitrogen and oxygen atoms in total. The monoisotopic (exact) mass is 438 g/mol. The van der Waals surface area contributed by atoms with E-state index in [4.69, 9.17) is 4.74 Å². The van der Waals surface area contributed by atoms with Crippen LogP contribution in [0.15, 0.2) is 58.3 Å². The van der Waals surface area contributed by atoms with Crippen LogP contribution in [0.1, 0.15) is 10.4 Å². The lowest BCUT2D eigenvalue weighted by Crippen LogP contribution is -2.56. The third-order valence-corrected chi connectivity index (χ3v) is 8.78. The molecule has 1 heterocycles. The van der Waals surface area contributed by atoms with Gasteiger partial charge in [-0.15, -0.1) is 0 Å². The topological polar surface area (TPSA) is 101 Å². The van der Waals surface area contributed by atoms with E-state index >= 15 is 0 Å². The van der Waals surface area contributed by atoms with Crippen LogP contribution in [0.4, 0.5) is 0 Å². The molecule has 0 aliphatic carbocycles. The second kappa shape index (κ2) is 7.77. The predicted molar refractivity (Wildman–Crippen MR) is 107 cm³/mol. The Morgan fingerprint density at radius 3 is 1.93 bits per heavy atom. The highest BCUT2D eigenvalue weighted by Crippen LogP contribution is 2.26. The van der Waals surface area contributed by atoms with Crippen molar-refractivity contribution in [3.63, 3.8) is 0 Å². The summed E-state index contributed by atoms with van der Waals surface area (Å²) in [5, 5.41) is -0.673. The Morgan fingerprint density at radius 1 is 0.931 bits per heavy atom. The highest BCUT2D eigenvalue weighted by atomic mass is 32.2. The van der Waals surface area contributed by atoms with Crippen LogP contribution < -0.4 is 4.74 Å². The maximum atomic E-state index is 12.7. The first kappa shape index (κ1) is 21.3. The molecule has 0 unspecified atom stereocenters. The fraction of sp³-hybridized carbons (Fsp3) is 0.316. The zero-order chi connectivity index (χ0) is 21.4. The van der Waals surface area contributed by atoms with E-state index in [2.05, 4.69) is 0 Å². The van der Waals surface area contributed by atoms with Gasteiger partial charge in [0.1, 0.15) is 11.0 Å². The van der Waals surface area contributed by atoms with Crippen LogP contribution in [0.2, 0.25) is 0 Å². The molecule has 0 saturated carbocycles. The summed E-state index contributed by atoms with van der Waals surface area (Å²) >= 11 is 0. The molecule has 0 N–H and O–H groups in total. The van der Waals surface area contributed by atoms with E-state index in [1.54, 1.807) is 12.1 Å². The van der Waals surface area contributed by atoms with E-state index in [0.29, 0.717) is 11.3 Å². The Bertz CT molecular complexity index is 1100. The molecule has 29 heavy (non-hydrogen) atoms. The van der Waals surface area contributed by atoms with Crippen LogP contribution in [0, 0.1) is 0 Å². The molecule has 1 saturated heterocycles. The molecular formula is C19H22N2O6S2. The van der Waals surface area contributed by atoms with Crippen LogP contribution >= 0.6 is 0 Å². The van der Waals surface area contributed by atoms with Crippen LogP contribution in [0.3, 0.4) is 0 Å². The SMILES string of the molecule is COc1ccc(S(=O)(=O)C2CN(C(=O)c3ccc(S(=O)(=O)N(C)C)cc3)C2)cc1. The Morgan fingerprint density at radius 2 is 1.45 bits per heavy atom. The summed E-state index contributed by atoms with van der Waals surface area (Å²) in [6.07, 6.45) is 0. The molecule has 10 heteroatoms. The molecular weight excluding hydrogens is 416 g/mol. The quantitative estimate of drug-likeness (QED) is 0.673. The van der Waals surface area contributed by atoms with E-state index in [0.717, 1.165) is 4.31 Å². The number of methoxy groups -OCH3 is 1. The lowest BCUT2D eigenvalue weighted by Gasteiger charge is -2.38. The minimum atomic E-state index is -3.57. The Hall–Kier alpha value is -2.43. The second-order valence-electron chi connectivity index (χ2n) is 6.86. The average Bonchev–Trinajstić information content (AvgIpc) is 2.66. The fourth-order valence-electron chi connectivity index (χ4n) is 2.92. The number of sulfonamides is 1. The maximum absolute atomic E-state index is 12.7. The van der Waals surface area contributed by atoms with Gasteiger partial charge in [0.25, 0.3) is 5.91 Å².